The van der Waals surface area contributed by atoms with Crippen LogP contribution in [-0.4, -0.2) is 14.1 Å². The van der Waals surface area contributed by atoms with Gasteiger partial charge in [-0.2, -0.15) is 0 Å². The molecule has 1 unspecified atom stereocenters. The van der Waals surface area contributed by atoms with E-state index in [2.05, 4.69) is 167 Å². The monoisotopic (exact) mass is 563 g/mol. The van der Waals surface area contributed by atoms with Gasteiger partial charge < -0.3 is 4.57 Å². The van der Waals surface area contributed by atoms with Crippen LogP contribution in [0.5, 0.6) is 0 Å². The van der Waals surface area contributed by atoms with Crippen LogP contribution in [0.4, 0.5) is 0 Å². The van der Waals surface area contributed by atoms with Gasteiger partial charge in [0.2, 0.25) is 0 Å². The molecule has 0 saturated heterocycles. The van der Waals surface area contributed by atoms with Crippen molar-refractivity contribution in [2.24, 2.45) is 0 Å². The molecule has 3 aromatic heterocycles. The van der Waals surface area contributed by atoms with Crippen LogP contribution in [0.25, 0.3) is 71.8 Å². The highest BCUT2D eigenvalue weighted by atomic mass is 15.1. The Morgan fingerprint density at radius 1 is 0.500 bits per heavy atom. The van der Waals surface area contributed by atoms with Crippen LogP contribution in [0, 0.1) is 0 Å². The lowest BCUT2D eigenvalue weighted by molar-refractivity contribution is 0.648. The number of para-hydroxylation sites is 2. The van der Waals surface area contributed by atoms with Crippen molar-refractivity contribution >= 4 is 43.6 Å². The Bertz CT molecular complexity index is 2350. The maximum absolute atomic E-state index is 5.33. The van der Waals surface area contributed by atoms with Crippen LogP contribution in [0.3, 0.4) is 0 Å². The third-order valence-corrected chi connectivity index (χ3v) is 9.01. The van der Waals surface area contributed by atoms with E-state index in [4.69, 9.17) is 4.98 Å². The van der Waals surface area contributed by atoms with Gasteiger partial charge in [0.05, 0.1) is 28.3 Å². The summed E-state index contributed by atoms with van der Waals surface area (Å²) in [5.74, 6) is 0.917. The molecule has 5 aromatic carbocycles. The molecule has 3 heterocycles. The van der Waals surface area contributed by atoms with Crippen molar-refractivity contribution in [2.45, 2.75) is 12.5 Å². The molecule has 0 spiro atoms. The Morgan fingerprint density at radius 2 is 1.14 bits per heavy atom. The molecule has 1 aliphatic carbocycles. The average molecular weight is 564 g/mol. The number of nitrogens with zero attached hydrogens (tertiary/aromatic N) is 3. The van der Waals surface area contributed by atoms with E-state index in [1.54, 1.807) is 0 Å². The van der Waals surface area contributed by atoms with Gasteiger partial charge in [0.1, 0.15) is 5.82 Å². The smallest absolute Gasteiger partial charge is 0.138 e. The summed E-state index contributed by atoms with van der Waals surface area (Å²) in [6.45, 7) is 0. The van der Waals surface area contributed by atoms with Gasteiger partial charge in [0, 0.05) is 32.6 Å². The summed E-state index contributed by atoms with van der Waals surface area (Å²) < 4.78 is 4.89. The molecular formula is C41H29N3. The molecule has 3 heteroatoms. The van der Waals surface area contributed by atoms with Gasteiger partial charge in [0.25, 0.3) is 0 Å². The summed E-state index contributed by atoms with van der Waals surface area (Å²) in [4.78, 5) is 5.33. The molecule has 208 valence electrons. The molecule has 0 bridgehead atoms. The number of hydrogen-bond acceptors (Lipinski definition) is 1. The highest BCUT2D eigenvalue weighted by Crippen LogP contribution is 2.41. The number of aromatic nitrogens is 3. The Kier molecular flexibility index (Phi) is 5.63. The third-order valence-electron chi connectivity index (χ3n) is 9.01. The molecule has 3 nitrogen and oxygen atoms in total. The van der Waals surface area contributed by atoms with E-state index in [9.17, 15) is 0 Å². The van der Waals surface area contributed by atoms with Gasteiger partial charge in [-0.15, -0.1) is 0 Å². The lowest BCUT2D eigenvalue weighted by atomic mass is 10.0. The van der Waals surface area contributed by atoms with Crippen LogP contribution >= 0.6 is 0 Å². The third kappa shape index (κ3) is 3.86. The lowest BCUT2D eigenvalue weighted by Gasteiger charge is -2.18. The van der Waals surface area contributed by atoms with Crippen LogP contribution in [0.1, 0.15) is 12.5 Å². The summed E-state index contributed by atoms with van der Waals surface area (Å²) in [5, 5.41) is 5.01. The van der Waals surface area contributed by atoms with E-state index in [-0.39, 0.29) is 6.04 Å². The first-order valence-electron chi connectivity index (χ1n) is 15.3. The van der Waals surface area contributed by atoms with Gasteiger partial charge >= 0.3 is 0 Å². The Balaban J connectivity index is 1.38. The van der Waals surface area contributed by atoms with Crippen molar-refractivity contribution in [2.75, 3.05) is 0 Å². The Labute approximate surface area is 255 Å². The van der Waals surface area contributed by atoms with Crippen LogP contribution in [0.15, 0.2) is 158 Å². The number of pyridine rings is 1. The van der Waals surface area contributed by atoms with E-state index >= 15 is 0 Å². The van der Waals surface area contributed by atoms with Crippen LogP contribution < -0.4 is 0 Å². The summed E-state index contributed by atoms with van der Waals surface area (Å²) in [6.07, 6.45) is 9.91. The van der Waals surface area contributed by atoms with Crippen molar-refractivity contribution in [3.63, 3.8) is 0 Å². The normalized spacial score (nSPS) is 14.8. The van der Waals surface area contributed by atoms with Crippen molar-refractivity contribution in [3.8, 4) is 28.2 Å². The summed E-state index contributed by atoms with van der Waals surface area (Å²) in [6, 6.07) is 48.2. The second-order valence-corrected chi connectivity index (χ2v) is 11.6. The molecule has 0 fully saturated rings. The number of fused-ring (bicyclic) bond motifs is 6. The van der Waals surface area contributed by atoms with Crippen molar-refractivity contribution in [1.82, 2.24) is 14.1 Å². The highest BCUT2D eigenvalue weighted by Gasteiger charge is 2.21. The van der Waals surface area contributed by atoms with Gasteiger partial charge in [-0.1, -0.05) is 121 Å². The predicted molar refractivity (Wildman–Crippen MR) is 184 cm³/mol. The maximum Gasteiger partial charge on any atom is 0.138 e. The molecule has 0 N–H and O–H groups in total. The Morgan fingerprint density at radius 3 is 1.89 bits per heavy atom. The topological polar surface area (TPSA) is 22.8 Å². The van der Waals surface area contributed by atoms with E-state index in [0.29, 0.717) is 0 Å². The first-order chi connectivity index (χ1) is 21.8. The Hall–Kier alpha value is -5.67. The average Bonchev–Trinajstić information content (AvgIpc) is 3.60. The van der Waals surface area contributed by atoms with E-state index in [1.807, 2.05) is 0 Å². The highest BCUT2D eigenvalue weighted by molar-refractivity contribution is 6.18. The zero-order chi connectivity index (χ0) is 29.0. The van der Waals surface area contributed by atoms with Gasteiger partial charge in [-0.3, -0.25) is 4.57 Å². The second kappa shape index (κ2) is 9.96. The molecule has 1 aliphatic rings. The minimum absolute atomic E-state index is 0.283. The zero-order valence-electron chi connectivity index (χ0n) is 24.1. The van der Waals surface area contributed by atoms with Gasteiger partial charge in [0.15, 0.2) is 0 Å². The van der Waals surface area contributed by atoms with Gasteiger partial charge in [-0.25, -0.2) is 4.98 Å². The largest absolute Gasteiger partial charge is 0.333 e. The molecule has 0 saturated carbocycles. The van der Waals surface area contributed by atoms with E-state index < -0.39 is 0 Å². The van der Waals surface area contributed by atoms with Crippen molar-refractivity contribution in [1.29, 1.82) is 0 Å². The quantitative estimate of drug-likeness (QED) is 0.209. The number of benzene rings is 5. The molecule has 9 rings (SSSR count). The van der Waals surface area contributed by atoms with Crippen LogP contribution in [-0.2, 0) is 0 Å². The standard InChI is InChI=1S/C41H29N3/c1-4-14-28(15-5-1)30-24-36(29-16-6-2-7-17-29)42-41(25-30)44-38-23-13-11-21-33(38)35-26-39-34(27-40(35)44)32-20-10-12-22-37(32)43(39)31-18-8-3-9-19-31/h1-18,20-27,31H,19H2. The fourth-order valence-corrected chi connectivity index (χ4v) is 7.01. The number of allylic oxidation sites excluding steroid dienone is 4. The second-order valence-electron chi connectivity index (χ2n) is 11.6. The zero-order valence-corrected chi connectivity index (χ0v) is 24.1. The first-order valence-corrected chi connectivity index (χ1v) is 15.3. The number of hydrogen-bond donors (Lipinski definition) is 0. The summed E-state index contributed by atoms with van der Waals surface area (Å²) in [5.41, 5.74) is 9.24. The fraction of sp³-hybridized carbons (Fsp3) is 0.0488. The first kappa shape index (κ1) is 24.9. The summed E-state index contributed by atoms with van der Waals surface area (Å²) in [7, 11) is 0. The van der Waals surface area contributed by atoms with E-state index in [0.717, 1.165) is 40.1 Å². The predicted octanol–water partition coefficient (Wildman–Crippen LogP) is 10.7. The van der Waals surface area contributed by atoms with Gasteiger partial charge in [-0.05, 0) is 53.9 Å². The minimum atomic E-state index is 0.283. The van der Waals surface area contributed by atoms with Crippen LogP contribution in [0.2, 0.25) is 0 Å². The lowest BCUT2D eigenvalue weighted by Crippen LogP contribution is -2.06. The molecule has 8 aromatic rings. The molecule has 44 heavy (non-hydrogen) atoms. The molecule has 0 amide bonds. The SMILES string of the molecule is C1=CCC(n2c3ccccc3c3cc4c(cc32)c2ccccc2n4-c2cc(-c3ccccc3)cc(-c3ccccc3)n2)C=C1. The minimum Gasteiger partial charge on any atom is -0.333 e. The van der Waals surface area contributed by atoms with E-state index in [1.165, 1.54) is 38.1 Å². The molecule has 0 aliphatic heterocycles. The summed E-state index contributed by atoms with van der Waals surface area (Å²) >= 11 is 0. The number of rotatable bonds is 4. The van der Waals surface area contributed by atoms with Crippen molar-refractivity contribution < 1.29 is 0 Å². The molecule has 1 atom stereocenters. The molecule has 0 radical (unpaired) electrons. The fourth-order valence-electron chi connectivity index (χ4n) is 7.01. The molecular weight excluding hydrogens is 534 g/mol. The van der Waals surface area contributed by atoms with Crippen molar-refractivity contribution in [3.05, 3.63) is 158 Å². The maximum atomic E-state index is 5.33.